The average Bonchev–Trinajstić information content (AvgIpc) is 2.94. The summed E-state index contributed by atoms with van der Waals surface area (Å²) in [5.74, 6) is 0. The molecule has 0 aliphatic carbocycles. The second kappa shape index (κ2) is 4.93. The van der Waals surface area contributed by atoms with Crippen LogP contribution in [0.15, 0.2) is 36.4 Å². The average molecular weight is 312 g/mol. The van der Waals surface area contributed by atoms with E-state index in [2.05, 4.69) is 4.98 Å². The summed E-state index contributed by atoms with van der Waals surface area (Å²) in [6.45, 7) is 0. The first-order chi connectivity index (χ1) is 8.72. The molecular formula is C12H6ClNOS3. The number of aromatic nitrogens is 1. The normalized spacial score (nSPS) is 10.7. The van der Waals surface area contributed by atoms with Crippen LogP contribution < -0.4 is 4.74 Å². The zero-order chi connectivity index (χ0) is 12.5. The summed E-state index contributed by atoms with van der Waals surface area (Å²) < 4.78 is 7.37. The van der Waals surface area contributed by atoms with Crippen LogP contribution in [-0.2, 0) is 0 Å². The molecule has 0 unspecified atom stereocenters. The molecular weight excluding hydrogens is 306 g/mol. The van der Waals surface area contributed by atoms with Gasteiger partial charge in [0.15, 0.2) is 0 Å². The number of para-hydroxylation sites is 1. The highest BCUT2D eigenvalue weighted by molar-refractivity contribution is 7.80. The van der Waals surface area contributed by atoms with Crippen molar-refractivity contribution in [3.8, 4) is 5.19 Å². The molecule has 0 atom stereocenters. The Labute approximate surface area is 122 Å². The summed E-state index contributed by atoms with van der Waals surface area (Å²) in [6, 6.07) is 11.5. The first-order valence-corrected chi connectivity index (χ1v) is 7.47. The van der Waals surface area contributed by atoms with Gasteiger partial charge in [-0.3, -0.25) is 0 Å². The van der Waals surface area contributed by atoms with Gasteiger partial charge in [0.05, 0.1) is 19.4 Å². The Morgan fingerprint density at radius 3 is 2.72 bits per heavy atom. The molecule has 0 fully saturated rings. The van der Waals surface area contributed by atoms with E-state index in [1.54, 1.807) is 6.07 Å². The molecule has 6 heteroatoms. The van der Waals surface area contributed by atoms with Gasteiger partial charge in [0.2, 0.25) is 5.05 Å². The zero-order valence-electron chi connectivity index (χ0n) is 8.92. The molecule has 2 aromatic heterocycles. The lowest BCUT2D eigenvalue weighted by molar-refractivity contribution is 0.564. The lowest BCUT2D eigenvalue weighted by Gasteiger charge is -1.99. The molecule has 0 saturated carbocycles. The lowest BCUT2D eigenvalue weighted by atomic mass is 10.3. The Morgan fingerprint density at radius 2 is 2.00 bits per heavy atom. The third-order valence-corrected chi connectivity index (χ3v) is 4.81. The van der Waals surface area contributed by atoms with E-state index in [4.69, 9.17) is 28.6 Å². The van der Waals surface area contributed by atoms with E-state index < -0.39 is 0 Å². The summed E-state index contributed by atoms with van der Waals surface area (Å²) >= 11 is 14.0. The standard InChI is InChI=1S/C12H6ClNOS3/c13-10-6-5-9(17-10)11(16)15-12-14-7-3-1-2-4-8(7)18-12/h1-6H. The number of thiophene rings is 1. The maximum atomic E-state index is 5.86. The minimum Gasteiger partial charge on any atom is -0.417 e. The van der Waals surface area contributed by atoms with Crippen LogP contribution >= 0.6 is 46.5 Å². The van der Waals surface area contributed by atoms with Crippen molar-refractivity contribution in [1.29, 1.82) is 0 Å². The highest BCUT2D eigenvalue weighted by Gasteiger charge is 2.10. The van der Waals surface area contributed by atoms with Crippen molar-refractivity contribution in [2.24, 2.45) is 0 Å². The fourth-order valence-electron chi connectivity index (χ4n) is 1.45. The van der Waals surface area contributed by atoms with E-state index in [1.165, 1.54) is 22.7 Å². The SMILES string of the molecule is S=C(Oc1nc2ccccc2s1)c1ccc(Cl)s1. The minimum atomic E-state index is 0.408. The molecule has 90 valence electrons. The third kappa shape index (κ3) is 2.40. The van der Waals surface area contributed by atoms with E-state index in [9.17, 15) is 0 Å². The number of rotatable bonds is 2. The van der Waals surface area contributed by atoms with Crippen LogP contribution in [0, 0.1) is 0 Å². The fourth-order valence-corrected chi connectivity index (χ4v) is 3.51. The van der Waals surface area contributed by atoms with Gasteiger partial charge in [-0.25, -0.2) is 4.98 Å². The summed E-state index contributed by atoms with van der Waals surface area (Å²) in [6.07, 6.45) is 0. The van der Waals surface area contributed by atoms with Crippen LogP contribution in [0.3, 0.4) is 0 Å². The van der Waals surface area contributed by atoms with Crippen molar-refractivity contribution < 1.29 is 4.74 Å². The van der Waals surface area contributed by atoms with Crippen LogP contribution in [-0.4, -0.2) is 10.0 Å². The molecule has 18 heavy (non-hydrogen) atoms. The molecule has 0 spiro atoms. The topological polar surface area (TPSA) is 22.1 Å². The maximum absolute atomic E-state index is 5.86. The van der Waals surface area contributed by atoms with E-state index in [0.717, 1.165) is 15.1 Å². The van der Waals surface area contributed by atoms with Gasteiger partial charge in [0, 0.05) is 0 Å². The van der Waals surface area contributed by atoms with E-state index in [-0.39, 0.29) is 0 Å². The fraction of sp³-hybridized carbons (Fsp3) is 0. The highest BCUT2D eigenvalue weighted by Crippen LogP contribution is 2.29. The molecule has 0 amide bonds. The van der Waals surface area contributed by atoms with Gasteiger partial charge >= 0.3 is 0 Å². The maximum Gasteiger partial charge on any atom is 0.280 e. The molecule has 0 radical (unpaired) electrons. The Kier molecular flexibility index (Phi) is 3.30. The van der Waals surface area contributed by atoms with Crippen molar-refractivity contribution >= 4 is 61.8 Å². The van der Waals surface area contributed by atoms with Crippen LogP contribution in [0.2, 0.25) is 4.34 Å². The molecule has 2 heterocycles. The number of nitrogens with zero attached hydrogens (tertiary/aromatic N) is 1. The predicted molar refractivity (Wildman–Crippen MR) is 81.3 cm³/mol. The number of benzene rings is 1. The minimum absolute atomic E-state index is 0.408. The summed E-state index contributed by atoms with van der Waals surface area (Å²) in [4.78, 5) is 5.21. The Hall–Kier alpha value is -1.01. The van der Waals surface area contributed by atoms with Crippen molar-refractivity contribution in [1.82, 2.24) is 4.98 Å². The van der Waals surface area contributed by atoms with Gasteiger partial charge in [-0.15, -0.1) is 11.3 Å². The molecule has 0 saturated heterocycles. The monoisotopic (exact) mass is 311 g/mol. The van der Waals surface area contributed by atoms with E-state index in [0.29, 0.717) is 14.6 Å². The molecule has 2 nitrogen and oxygen atoms in total. The summed E-state index contributed by atoms with van der Waals surface area (Å²) in [5.41, 5.74) is 0.921. The molecule has 3 aromatic rings. The van der Waals surface area contributed by atoms with Crippen molar-refractivity contribution in [3.05, 3.63) is 45.6 Å². The number of halogens is 1. The summed E-state index contributed by atoms with van der Waals surface area (Å²) in [7, 11) is 0. The van der Waals surface area contributed by atoms with E-state index in [1.807, 2.05) is 30.3 Å². The smallest absolute Gasteiger partial charge is 0.280 e. The summed E-state index contributed by atoms with van der Waals surface area (Å²) in [5, 5.41) is 0.969. The van der Waals surface area contributed by atoms with Crippen molar-refractivity contribution in [2.45, 2.75) is 0 Å². The van der Waals surface area contributed by atoms with Gasteiger partial charge in [-0.05, 0) is 36.5 Å². The molecule has 0 bridgehead atoms. The Bertz CT molecular complexity index is 686. The van der Waals surface area contributed by atoms with Gasteiger partial charge in [0.1, 0.15) is 0 Å². The number of thiocarbonyl (C=S) groups is 1. The van der Waals surface area contributed by atoms with Crippen LogP contribution in [0.1, 0.15) is 4.88 Å². The number of hydrogen-bond acceptors (Lipinski definition) is 5. The number of hydrogen-bond donors (Lipinski definition) is 0. The van der Waals surface area contributed by atoms with Crippen LogP contribution in [0.25, 0.3) is 10.2 Å². The molecule has 3 rings (SSSR count). The second-order valence-electron chi connectivity index (χ2n) is 3.44. The van der Waals surface area contributed by atoms with Crippen molar-refractivity contribution in [2.75, 3.05) is 0 Å². The highest BCUT2D eigenvalue weighted by atomic mass is 35.5. The van der Waals surface area contributed by atoms with Gasteiger partial charge < -0.3 is 4.74 Å². The molecule has 1 aromatic carbocycles. The molecule has 0 N–H and O–H groups in total. The number of thiazole rings is 1. The molecule has 0 aliphatic rings. The van der Waals surface area contributed by atoms with Gasteiger partial charge in [-0.1, -0.05) is 35.1 Å². The quantitative estimate of drug-likeness (QED) is 0.637. The number of ether oxygens (including phenoxy) is 1. The predicted octanol–water partition coefficient (Wildman–Crippen LogP) is 4.77. The van der Waals surface area contributed by atoms with E-state index >= 15 is 0 Å². The molecule has 0 aliphatic heterocycles. The second-order valence-corrected chi connectivity index (χ2v) is 6.52. The first kappa shape index (κ1) is 12.0. The van der Waals surface area contributed by atoms with Gasteiger partial charge in [0.25, 0.3) is 5.19 Å². The Morgan fingerprint density at radius 1 is 1.17 bits per heavy atom. The van der Waals surface area contributed by atoms with Crippen molar-refractivity contribution in [3.63, 3.8) is 0 Å². The Balaban J connectivity index is 1.86. The number of fused-ring (bicyclic) bond motifs is 1. The van der Waals surface area contributed by atoms with Crippen LogP contribution in [0.5, 0.6) is 5.19 Å². The third-order valence-electron chi connectivity index (χ3n) is 2.23. The van der Waals surface area contributed by atoms with Gasteiger partial charge in [-0.2, -0.15) is 0 Å². The first-order valence-electron chi connectivity index (χ1n) is 5.05. The zero-order valence-corrected chi connectivity index (χ0v) is 12.1. The van der Waals surface area contributed by atoms with Crippen LogP contribution in [0.4, 0.5) is 0 Å². The largest absolute Gasteiger partial charge is 0.417 e. The lowest BCUT2D eigenvalue weighted by Crippen LogP contribution is -2.04.